The molecule has 52 heavy (non-hydrogen) atoms. The first-order valence-corrected chi connectivity index (χ1v) is 17.5. The summed E-state index contributed by atoms with van der Waals surface area (Å²) in [6, 6.07) is 17.6. The number of hydrogen-bond acceptors (Lipinski definition) is 7. The summed E-state index contributed by atoms with van der Waals surface area (Å²) in [6.45, 7) is 3.69. The summed E-state index contributed by atoms with van der Waals surface area (Å²) in [6.07, 6.45) is 9.67. The number of carbonyl (C=O) groups is 1. The SMILES string of the molecule is Cc1cc(Oc2c(F)cccc2F)ncc1-n1ncc(C(=O)c2cc3cc(OC4CCN(C5CCCC5)CC4)c(-c4ccccc4F)cc3[nH]2)c1N. The van der Waals surface area contributed by atoms with E-state index >= 15 is 4.39 Å². The number of hydrogen-bond donors (Lipinski definition) is 2. The van der Waals surface area contributed by atoms with Crippen molar-refractivity contribution in [3.8, 4) is 34.2 Å². The van der Waals surface area contributed by atoms with E-state index in [-0.39, 0.29) is 34.9 Å². The Labute approximate surface area is 298 Å². The normalized spacial score (nSPS) is 15.8. The monoisotopic (exact) mass is 706 g/mol. The number of nitrogens with zero attached hydrogens (tertiary/aromatic N) is 4. The van der Waals surface area contributed by atoms with Gasteiger partial charge in [-0.1, -0.05) is 37.1 Å². The summed E-state index contributed by atoms with van der Waals surface area (Å²) >= 11 is 0. The lowest BCUT2D eigenvalue weighted by Crippen LogP contribution is -2.43. The highest BCUT2D eigenvalue weighted by atomic mass is 19.1. The Morgan fingerprint density at radius 3 is 2.35 bits per heavy atom. The third kappa shape index (κ3) is 6.38. The molecule has 3 aromatic carbocycles. The fourth-order valence-electron chi connectivity index (χ4n) is 7.43. The lowest BCUT2D eigenvalue weighted by atomic mass is 10.0. The van der Waals surface area contributed by atoms with Crippen molar-refractivity contribution in [2.75, 3.05) is 18.8 Å². The maximum atomic E-state index is 15.2. The van der Waals surface area contributed by atoms with Crippen molar-refractivity contribution < 1.29 is 27.4 Å². The first kappa shape index (κ1) is 33.5. The zero-order valence-electron chi connectivity index (χ0n) is 28.5. The van der Waals surface area contributed by atoms with Crippen molar-refractivity contribution in [3.63, 3.8) is 0 Å². The molecule has 8 rings (SSSR count). The Hall–Kier alpha value is -5.62. The van der Waals surface area contributed by atoms with Gasteiger partial charge in [-0.25, -0.2) is 22.8 Å². The Morgan fingerprint density at radius 1 is 0.885 bits per heavy atom. The number of rotatable bonds is 9. The summed E-state index contributed by atoms with van der Waals surface area (Å²) in [4.78, 5) is 23.8. The van der Waals surface area contributed by atoms with Gasteiger partial charge >= 0.3 is 0 Å². The predicted octanol–water partition coefficient (Wildman–Crippen LogP) is 8.53. The van der Waals surface area contributed by atoms with Crippen LogP contribution in [-0.2, 0) is 0 Å². The van der Waals surface area contributed by atoms with Gasteiger partial charge in [0.05, 0.1) is 29.3 Å². The largest absolute Gasteiger partial charge is 0.490 e. The molecule has 9 nitrogen and oxygen atoms in total. The Balaban J connectivity index is 1.06. The summed E-state index contributed by atoms with van der Waals surface area (Å²) < 4.78 is 56.8. The molecule has 266 valence electrons. The number of ether oxygens (including phenoxy) is 2. The van der Waals surface area contributed by atoms with Crippen LogP contribution in [0.5, 0.6) is 17.4 Å². The fraction of sp³-hybridized carbons (Fsp3) is 0.275. The highest BCUT2D eigenvalue weighted by Crippen LogP contribution is 2.38. The molecule has 0 unspecified atom stereocenters. The fourth-order valence-corrected chi connectivity index (χ4v) is 7.43. The molecule has 4 heterocycles. The molecule has 1 aliphatic heterocycles. The van der Waals surface area contributed by atoms with Crippen LogP contribution in [0.3, 0.4) is 0 Å². The molecular weight excluding hydrogens is 669 g/mol. The predicted molar refractivity (Wildman–Crippen MR) is 192 cm³/mol. The molecule has 2 aliphatic rings. The number of ketones is 1. The molecule has 2 fully saturated rings. The molecular formula is C40H37F3N6O3. The number of likely N-dealkylation sites (tertiary alicyclic amines) is 1. The number of nitrogens with two attached hydrogens (primary N) is 1. The third-order valence-corrected chi connectivity index (χ3v) is 10.2. The third-order valence-electron chi connectivity index (χ3n) is 10.2. The summed E-state index contributed by atoms with van der Waals surface area (Å²) in [5.41, 5.74) is 9.58. The second-order valence-corrected chi connectivity index (χ2v) is 13.5. The van der Waals surface area contributed by atoms with Crippen molar-refractivity contribution >= 4 is 22.5 Å². The maximum absolute atomic E-state index is 15.2. The highest BCUT2D eigenvalue weighted by Gasteiger charge is 2.29. The molecule has 1 aliphatic carbocycles. The number of para-hydroxylation sites is 1. The first-order valence-electron chi connectivity index (χ1n) is 17.5. The number of pyridine rings is 1. The van der Waals surface area contributed by atoms with Crippen LogP contribution >= 0.6 is 0 Å². The van der Waals surface area contributed by atoms with Crippen LogP contribution in [0.1, 0.15) is 60.1 Å². The molecule has 0 bridgehead atoms. The molecule has 6 aromatic rings. The molecule has 12 heteroatoms. The van der Waals surface area contributed by atoms with Crippen molar-refractivity contribution in [1.29, 1.82) is 0 Å². The van der Waals surface area contributed by atoms with E-state index in [9.17, 15) is 13.6 Å². The van der Waals surface area contributed by atoms with Crippen LogP contribution in [0.25, 0.3) is 27.7 Å². The standard InChI is InChI=1S/C40H37F3N6O3/c1-23-17-37(52-39-31(42)11-6-12-32(39)43)45-22-35(23)49-40(44)29(21-46-49)38(50)34-18-24-19-36(28(20-33(24)47-34)27-9-4-5-10-30(27)41)51-26-13-15-48(16-14-26)25-7-2-3-8-25/h4-6,9-12,17-22,25-26,47H,2-3,7-8,13-16,44H2,1H3. The average molecular weight is 707 g/mol. The topological polar surface area (TPSA) is 111 Å². The van der Waals surface area contributed by atoms with Gasteiger partial charge in [0.1, 0.15) is 23.5 Å². The van der Waals surface area contributed by atoms with Gasteiger partial charge in [0, 0.05) is 47.2 Å². The number of aromatic nitrogens is 4. The van der Waals surface area contributed by atoms with E-state index in [1.165, 1.54) is 61.0 Å². The number of carbonyl (C=O) groups excluding carboxylic acids is 1. The van der Waals surface area contributed by atoms with Crippen LogP contribution in [0, 0.1) is 24.4 Å². The number of halogens is 3. The van der Waals surface area contributed by atoms with Gasteiger partial charge < -0.3 is 25.1 Å². The van der Waals surface area contributed by atoms with Gasteiger partial charge in [0.25, 0.3) is 0 Å². The first-order chi connectivity index (χ1) is 25.2. The summed E-state index contributed by atoms with van der Waals surface area (Å²) in [5.74, 6) is -2.43. The van der Waals surface area contributed by atoms with Gasteiger partial charge in [0.2, 0.25) is 17.4 Å². The van der Waals surface area contributed by atoms with Crippen molar-refractivity contribution in [2.24, 2.45) is 0 Å². The second kappa shape index (κ2) is 13.8. The average Bonchev–Trinajstić information content (AvgIpc) is 3.91. The number of nitrogen functional groups attached to an aromatic ring is 1. The van der Waals surface area contributed by atoms with Gasteiger partial charge in [-0.3, -0.25) is 4.79 Å². The Bertz CT molecular complexity index is 2270. The summed E-state index contributed by atoms with van der Waals surface area (Å²) in [7, 11) is 0. The number of aryl methyl sites for hydroxylation is 1. The minimum Gasteiger partial charge on any atom is -0.490 e. The van der Waals surface area contributed by atoms with E-state index in [1.807, 2.05) is 12.1 Å². The van der Waals surface area contributed by atoms with Crippen LogP contribution in [-0.4, -0.2) is 55.7 Å². The Morgan fingerprint density at radius 2 is 1.62 bits per heavy atom. The van der Waals surface area contributed by atoms with Crippen LogP contribution in [0.15, 0.2) is 79.1 Å². The van der Waals surface area contributed by atoms with Gasteiger partial charge in [-0.05, 0) is 74.6 Å². The van der Waals surface area contributed by atoms with E-state index in [0.717, 1.165) is 43.5 Å². The Kier molecular flexibility index (Phi) is 8.92. The van der Waals surface area contributed by atoms with Crippen LogP contribution in [0.2, 0.25) is 0 Å². The van der Waals surface area contributed by atoms with Gasteiger partial charge in [-0.15, -0.1) is 0 Å². The maximum Gasteiger partial charge on any atom is 0.219 e. The van der Waals surface area contributed by atoms with E-state index in [1.54, 1.807) is 31.2 Å². The number of benzene rings is 3. The quantitative estimate of drug-likeness (QED) is 0.145. The van der Waals surface area contributed by atoms with E-state index in [0.29, 0.717) is 39.7 Å². The number of piperidine rings is 1. The molecule has 0 radical (unpaired) electrons. The minimum atomic E-state index is -0.859. The van der Waals surface area contributed by atoms with Crippen molar-refractivity contribution in [2.45, 2.75) is 57.6 Å². The molecule has 0 amide bonds. The van der Waals surface area contributed by atoms with E-state index < -0.39 is 23.2 Å². The lowest BCUT2D eigenvalue weighted by Gasteiger charge is -2.36. The molecule has 3 N–H and O–H groups in total. The second-order valence-electron chi connectivity index (χ2n) is 13.5. The lowest BCUT2D eigenvalue weighted by molar-refractivity contribution is 0.0772. The minimum absolute atomic E-state index is 0.00875. The molecule has 1 saturated heterocycles. The number of anilines is 1. The van der Waals surface area contributed by atoms with E-state index in [2.05, 4.69) is 20.0 Å². The number of fused-ring (bicyclic) bond motifs is 1. The van der Waals surface area contributed by atoms with Crippen LogP contribution in [0.4, 0.5) is 19.0 Å². The molecule has 0 atom stereocenters. The van der Waals surface area contributed by atoms with Gasteiger partial charge in [-0.2, -0.15) is 5.10 Å². The number of nitrogens with one attached hydrogen (secondary N) is 1. The number of aromatic amines is 1. The van der Waals surface area contributed by atoms with Gasteiger partial charge in [0.15, 0.2) is 11.6 Å². The zero-order valence-corrected chi connectivity index (χ0v) is 28.5. The zero-order chi connectivity index (χ0) is 35.9. The molecule has 3 aromatic heterocycles. The van der Waals surface area contributed by atoms with Crippen molar-refractivity contribution in [1.82, 2.24) is 24.6 Å². The molecule has 0 spiro atoms. The molecule has 1 saturated carbocycles. The van der Waals surface area contributed by atoms with E-state index in [4.69, 9.17) is 15.2 Å². The van der Waals surface area contributed by atoms with Crippen molar-refractivity contribution in [3.05, 3.63) is 113 Å². The number of H-pyrrole nitrogens is 1. The van der Waals surface area contributed by atoms with Crippen LogP contribution < -0.4 is 15.2 Å². The summed E-state index contributed by atoms with van der Waals surface area (Å²) in [5, 5.41) is 5.08. The smallest absolute Gasteiger partial charge is 0.219 e. The highest BCUT2D eigenvalue weighted by molar-refractivity contribution is 6.12.